The molecule has 1 aromatic heterocycles. The maximum absolute atomic E-state index is 4.25. The van der Waals surface area contributed by atoms with Crippen LogP contribution >= 0.6 is 22.6 Å². The predicted octanol–water partition coefficient (Wildman–Crippen LogP) is 3.66. The minimum atomic E-state index is 1.07. The van der Waals surface area contributed by atoms with E-state index in [2.05, 4.69) is 64.8 Å². The highest BCUT2D eigenvalue weighted by Gasteiger charge is 2.03. The van der Waals surface area contributed by atoms with E-state index in [4.69, 9.17) is 0 Å². The summed E-state index contributed by atoms with van der Waals surface area (Å²) in [7, 11) is 0. The van der Waals surface area contributed by atoms with Crippen LogP contribution in [0.3, 0.4) is 0 Å². The Morgan fingerprint density at radius 1 is 1.07 bits per heavy atom. The molecule has 0 radical (unpaired) electrons. The highest BCUT2D eigenvalue weighted by Crippen LogP contribution is 2.24. The largest absolute Gasteiger partial charge is 0.250 e. The number of aromatic nitrogens is 1. The monoisotopic (exact) mass is 295 g/mol. The third-order valence-corrected chi connectivity index (χ3v) is 3.31. The molecule has 1 heterocycles. The molecule has 0 atom stereocenters. The van der Waals surface area contributed by atoms with E-state index in [1.165, 1.54) is 16.7 Å². The van der Waals surface area contributed by atoms with Gasteiger partial charge in [-0.1, -0.05) is 30.3 Å². The summed E-state index contributed by atoms with van der Waals surface area (Å²) in [5.41, 5.74) is 3.77. The number of halogens is 1. The Hall–Kier alpha value is -0.900. The second kappa shape index (κ2) is 4.09. The predicted molar refractivity (Wildman–Crippen MR) is 67.1 cm³/mol. The SMILES string of the molecule is Cc1c(-c2ccccc2)ccnc1I. The van der Waals surface area contributed by atoms with Crippen LogP contribution in [0.1, 0.15) is 5.56 Å². The number of hydrogen-bond acceptors (Lipinski definition) is 1. The minimum Gasteiger partial charge on any atom is -0.250 e. The molecule has 0 saturated carbocycles. The molecular formula is C12H10IN. The van der Waals surface area contributed by atoms with E-state index in [1.807, 2.05) is 12.3 Å². The van der Waals surface area contributed by atoms with Crippen molar-refractivity contribution in [1.29, 1.82) is 0 Å². The molecule has 0 unspecified atom stereocenters. The van der Waals surface area contributed by atoms with Crippen molar-refractivity contribution >= 4 is 22.6 Å². The summed E-state index contributed by atoms with van der Waals surface area (Å²) in [6.07, 6.45) is 1.86. The Balaban J connectivity index is 2.58. The summed E-state index contributed by atoms with van der Waals surface area (Å²) in [6, 6.07) is 12.5. The normalized spacial score (nSPS) is 10.1. The Morgan fingerprint density at radius 3 is 2.50 bits per heavy atom. The molecule has 0 N–H and O–H groups in total. The van der Waals surface area contributed by atoms with Gasteiger partial charge in [0.2, 0.25) is 0 Å². The first-order chi connectivity index (χ1) is 6.79. The summed E-state index contributed by atoms with van der Waals surface area (Å²) >= 11 is 2.27. The molecule has 2 heteroatoms. The number of hydrogen-bond donors (Lipinski definition) is 0. The van der Waals surface area contributed by atoms with Crippen LogP contribution in [-0.4, -0.2) is 4.98 Å². The van der Waals surface area contributed by atoms with Gasteiger partial charge in [-0.25, -0.2) is 0 Å². The maximum Gasteiger partial charge on any atom is 0.104 e. The van der Waals surface area contributed by atoms with Crippen LogP contribution in [0, 0.1) is 10.6 Å². The molecule has 1 nitrogen and oxygen atoms in total. The topological polar surface area (TPSA) is 12.9 Å². The molecule has 0 saturated heterocycles. The number of nitrogens with zero attached hydrogens (tertiary/aromatic N) is 1. The lowest BCUT2D eigenvalue weighted by Crippen LogP contribution is -1.89. The third-order valence-electron chi connectivity index (χ3n) is 2.23. The van der Waals surface area contributed by atoms with Gasteiger partial charge in [0.1, 0.15) is 3.70 Å². The Kier molecular flexibility index (Phi) is 2.82. The van der Waals surface area contributed by atoms with Crippen molar-refractivity contribution in [2.45, 2.75) is 6.92 Å². The Morgan fingerprint density at radius 2 is 1.79 bits per heavy atom. The van der Waals surface area contributed by atoms with Gasteiger partial charge in [-0.15, -0.1) is 0 Å². The highest BCUT2D eigenvalue weighted by atomic mass is 127. The van der Waals surface area contributed by atoms with E-state index < -0.39 is 0 Å². The van der Waals surface area contributed by atoms with Crippen molar-refractivity contribution in [2.75, 3.05) is 0 Å². The van der Waals surface area contributed by atoms with Gasteiger partial charge in [-0.3, -0.25) is 4.98 Å². The molecule has 0 amide bonds. The van der Waals surface area contributed by atoms with Crippen molar-refractivity contribution in [1.82, 2.24) is 4.98 Å². The van der Waals surface area contributed by atoms with Gasteiger partial charge in [-0.2, -0.15) is 0 Å². The van der Waals surface area contributed by atoms with Crippen molar-refractivity contribution < 1.29 is 0 Å². The zero-order valence-corrected chi connectivity index (χ0v) is 10.0. The third kappa shape index (κ3) is 1.80. The van der Waals surface area contributed by atoms with E-state index in [9.17, 15) is 0 Å². The van der Waals surface area contributed by atoms with E-state index in [-0.39, 0.29) is 0 Å². The molecule has 0 spiro atoms. The molecule has 1 aromatic carbocycles. The van der Waals surface area contributed by atoms with Gasteiger partial charge < -0.3 is 0 Å². The quantitative estimate of drug-likeness (QED) is 0.578. The number of rotatable bonds is 1. The van der Waals surface area contributed by atoms with Crippen LogP contribution < -0.4 is 0 Å². The number of benzene rings is 1. The van der Waals surface area contributed by atoms with Gasteiger partial charge in [0.25, 0.3) is 0 Å². The molecule has 0 aliphatic heterocycles. The second-order valence-corrected chi connectivity index (χ2v) is 4.16. The molecule has 70 valence electrons. The lowest BCUT2D eigenvalue weighted by molar-refractivity contribution is 1.21. The second-order valence-electron chi connectivity index (χ2n) is 3.14. The first-order valence-corrected chi connectivity index (χ1v) is 5.53. The molecule has 2 aromatic rings. The van der Waals surface area contributed by atoms with Gasteiger partial charge in [0, 0.05) is 6.20 Å². The maximum atomic E-state index is 4.25. The first-order valence-electron chi connectivity index (χ1n) is 4.45. The smallest absolute Gasteiger partial charge is 0.104 e. The fourth-order valence-corrected chi connectivity index (χ4v) is 1.89. The standard InChI is InChI=1S/C12H10IN/c1-9-11(7-8-14-12(9)13)10-5-3-2-4-6-10/h2-8H,1H3. The summed E-state index contributed by atoms with van der Waals surface area (Å²) < 4.78 is 1.07. The van der Waals surface area contributed by atoms with Gasteiger partial charge >= 0.3 is 0 Å². The van der Waals surface area contributed by atoms with E-state index in [1.54, 1.807) is 0 Å². The Labute approximate surface area is 97.3 Å². The fourth-order valence-electron chi connectivity index (χ4n) is 1.44. The fraction of sp³-hybridized carbons (Fsp3) is 0.0833. The minimum absolute atomic E-state index is 1.07. The average molecular weight is 295 g/mol. The van der Waals surface area contributed by atoms with Crippen molar-refractivity contribution in [3.63, 3.8) is 0 Å². The number of pyridine rings is 1. The molecule has 2 rings (SSSR count). The van der Waals surface area contributed by atoms with Crippen molar-refractivity contribution in [3.05, 3.63) is 51.9 Å². The van der Waals surface area contributed by atoms with Crippen molar-refractivity contribution in [2.24, 2.45) is 0 Å². The van der Waals surface area contributed by atoms with Gasteiger partial charge in [0.05, 0.1) is 0 Å². The van der Waals surface area contributed by atoms with E-state index >= 15 is 0 Å². The zero-order valence-electron chi connectivity index (χ0n) is 7.87. The zero-order chi connectivity index (χ0) is 9.97. The van der Waals surface area contributed by atoms with Crippen LogP contribution in [0.2, 0.25) is 0 Å². The highest BCUT2D eigenvalue weighted by molar-refractivity contribution is 14.1. The van der Waals surface area contributed by atoms with Crippen LogP contribution in [-0.2, 0) is 0 Å². The summed E-state index contributed by atoms with van der Waals surface area (Å²) in [5, 5.41) is 0. The van der Waals surface area contributed by atoms with Crippen LogP contribution in [0.5, 0.6) is 0 Å². The molecule has 0 fully saturated rings. The lowest BCUT2D eigenvalue weighted by atomic mass is 10.0. The molecule has 0 bridgehead atoms. The molecule has 0 aliphatic carbocycles. The first kappa shape index (κ1) is 9.65. The molecule has 14 heavy (non-hydrogen) atoms. The summed E-state index contributed by atoms with van der Waals surface area (Å²) in [6.45, 7) is 2.11. The van der Waals surface area contributed by atoms with Gasteiger partial charge in [0.15, 0.2) is 0 Å². The molecule has 0 aliphatic rings. The van der Waals surface area contributed by atoms with Crippen molar-refractivity contribution in [3.8, 4) is 11.1 Å². The van der Waals surface area contributed by atoms with Crippen LogP contribution in [0.15, 0.2) is 42.6 Å². The van der Waals surface area contributed by atoms with Crippen LogP contribution in [0.4, 0.5) is 0 Å². The van der Waals surface area contributed by atoms with E-state index in [0.29, 0.717) is 0 Å². The van der Waals surface area contributed by atoms with E-state index in [0.717, 1.165) is 3.70 Å². The van der Waals surface area contributed by atoms with Crippen LogP contribution in [0.25, 0.3) is 11.1 Å². The molecular weight excluding hydrogens is 285 g/mol. The Bertz CT molecular complexity index is 437. The summed E-state index contributed by atoms with van der Waals surface area (Å²) in [5.74, 6) is 0. The van der Waals surface area contributed by atoms with Gasteiger partial charge in [-0.05, 0) is 52.3 Å². The summed E-state index contributed by atoms with van der Waals surface area (Å²) in [4.78, 5) is 4.25. The average Bonchev–Trinajstić information content (AvgIpc) is 2.23. The lowest BCUT2D eigenvalue weighted by Gasteiger charge is -2.06.